The van der Waals surface area contributed by atoms with Gasteiger partial charge in [0.2, 0.25) is 0 Å². The number of rotatable bonds is 9. The Balaban J connectivity index is 0.000000114. The van der Waals surface area contributed by atoms with Crippen LogP contribution in [-0.4, -0.2) is 0 Å². The average Bonchev–Trinajstić information content (AvgIpc) is 1.33. The van der Waals surface area contributed by atoms with Gasteiger partial charge in [0, 0.05) is 73.4 Å². The van der Waals surface area contributed by atoms with Gasteiger partial charge in [0.15, 0.2) is 0 Å². The fourth-order valence-corrected chi connectivity index (χ4v) is 25.8. The summed E-state index contributed by atoms with van der Waals surface area (Å²) in [6, 6.07) is 156. The zero-order valence-electron chi connectivity index (χ0n) is 86.6. The largest absolute Gasteiger partial charge is 0.456 e. The zero-order valence-corrected chi connectivity index (χ0v) is 86.6. The van der Waals surface area contributed by atoms with E-state index in [-0.39, 0.29) is 48.7 Å². The van der Waals surface area contributed by atoms with E-state index in [2.05, 4.69) is 546 Å². The van der Waals surface area contributed by atoms with Crippen LogP contribution >= 0.6 is 0 Å². The first-order valence-corrected chi connectivity index (χ1v) is 52.0. The maximum absolute atomic E-state index is 6.35. The summed E-state index contributed by atoms with van der Waals surface area (Å²) >= 11 is 0. The van der Waals surface area contributed by atoms with Crippen LogP contribution in [0.15, 0.2) is 423 Å². The van der Waals surface area contributed by atoms with Crippen LogP contribution in [-0.2, 0) is 48.7 Å². The second kappa shape index (κ2) is 32.7. The van der Waals surface area contributed by atoms with Gasteiger partial charge in [-0.05, 0) is 371 Å². The molecule has 22 aromatic rings. The molecule has 0 radical (unpaired) electrons. The predicted molar refractivity (Wildman–Crippen MR) is 619 cm³/mol. The average molecular weight is 1880 g/mol. The van der Waals surface area contributed by atoms with Gasteiger partial charge >= 0.3 is 0 Å². The molecule has 0 fully saturated rings. The third-order valence-electron chi connectivity index (χ3n) is 36.9. The van der Waals surface area contributed by atoms with E-state index >= 15 is 0 Å². The molecule has 145 heavy (non-hydrogen) atoms. The highest BCUT2D eigenvalue weighted by molar-refractivity contribution is 6.15. The first-order valence-electron chi connectivity index (χ1n) is 52.0. The van der Waals surface area contributed by atoms with Crippen LogP contribution in [0.5, 0.6) is 0 Å². The lowest BCUT2D eigenvalue weighted by molar-refractivity contribution is 0.299. The van der Waals surface area contributed by atoms with Crippen LogP contribution in [0.25, 0.3) is 142 Å². The molecule has 0 amide bonds. The molecule has 708 valence electrons. The topological polar surface area (TPSA) is 22.9 Å². The van der Waals surface area contributed by atoms with Gasteiger partial charge in [0.25, 0.3) is 0 Å². The summed E-state index contributed by atoms with van der Waals surface area (Å²) in [5, 5.41) is 17.7. The molecule has 21 aromatic carbocycles. The molecule has 0 N–H and O–H groups in total. The van der Waals surface area contributed by atoms with Gasteiger partial charge in [-0.3, -0.25) is 0 Å². The van der Waals surface area contributed by atoms with Crippen LogP contribution in [0.2, 0.25) is 0 Å². The van der Waals surface area contributed by atoms with Crippen molar-refractivity contribution in [2.24, 2.45) is 0 Å². The fourth-order valence-electron chi connectivity index (χ4n) is 25.8. The lowest BCUT2D eigenvalue weighted by atomic mass is 9.55. The molecule has 4 heteroatoms. The van der Waals surface area contributed by atoms with Crippen molar-refractivity contribution in [2.45, 2.75) is 173 Å². The molecule has 0 saturated heterocycles. The maximum atomic E-state index is 6.35. The molecule has 27 rings (SSSR count). The quantitative estimate of drug-likeness (QED) is 0.134. The molecular formula is C141H123N3O. The van der Waals surface area contributed by atoms with Gasteiger partial charge in [0.05, 0.1) is 0 Å². The molecule has 0 unspecified atom stereocenters. The monoisotopic (exact) mass is 1870 g/mol. The first kappa shape index (κ1) is 90.6. The summed E-state index contributed by atoms with van der Waals surface area (Å²) in [5.74, 6) is 0. The highest BCUT2D eigenvalue weighted by atomic mass is 16.3. The molecule has 5 aliphatic rings. The minimum Gasteiger partial charge on any atom is -0.456 e. The summed E-state index contributed by atoms with van der Waals surface area (Å²) in [4.78, 5) is 7.22. The Morgan fingerprint density at radius 3 is 0.903 bits per heavy atom. The van der Waals surface area contributed by atoms with Crippen molar-refractivity contribution in [1.29, 1.82) is 0 Å². The molecule has 5 aliphatic carbocycles. The van der Waals surface area contributed by atoms with Crippen LogP contribution in [0.1, 0.15) is 180 Å². The zero-order chi connectivity index (χ0) is 99.7. The van der Waals surface area contributed by atoms with E-state index in [0.717, 1.165) is 61.8 Å². The van der Waals surface area contributed by atoms with Gasteiger partial charge in [0.1, 0.15) is 11.2 Å². The van der Waals surface area contributed by atoms with Crippen molar-refractivity contribution < 1.29 is 4.42 Å². The van der Waals surface area contributed by atoms with E-state index < -0.39 is 0 Å². The number of fused-ring (bicyclic) bond motifs is 27. The molecule has 0 spiro atoms. The SMILES string of the molecule is CC1(C)c2ccc(N(c3ccccc3)c3ccc4c(c3)oc3ccccc34)cc2-c2cc3c(ccc4ccccc43)cc2C1(C)C.CC1(C)c2ccccc2-c2ccc(N(c3ccccc3)c3ccc4c(ccc5cc6c(cc54)-c4ccccc4C(C)(C)C6(C)C)c3)cc2C1(C)C.CC1(C)c2ccccc2-c2ccc(N(c3ccccc3)c3ccc4ccc5cc6c(cc5c4c3)-c3ccccc3C(C)(C)C6(C)C)cc21. The number of para-hydroxylation sites is 4. The third kappa shape index (κ3) is 13.7. The second-order valence-corrected chi connectivity index (χ2v) is 46.4. The van der Waals surface area contributed by atoms with Crippen molar-refractivity contribution in [3.63, 3.8) is 0 Å². The molecular weight excluding hydrogens is 1750 g/mol. The standard InChI is InChI=1S/C50H47N.C47H41N.C44H35NO/c1-47(2)43-20-14-12-18-38(43)40-27-25-36(30-46(40)50(47,7)8)51(34-16-10-9-11-17-34)35-24-26-37-32(28-35)22-23-33-29-45-42(31-41(33)37)39-19-13-15-21-44(39)48(3,4)49(45,5)6;1-45(2)41-18-12-10-16-35(41)37-25-24-34(28-43(37)45)48(32-14-8-7-9-15-32)33-23-22-30-20-21-31-26-44-40(29-39(31)38(30)27-33)36-17-11-13-19-42(36)46(3,4)47(44,5)6;1-43(2)39-23-21-31(25-37(39)38-27-36-29(24-40(38)44(43,3)4)19-18-28-12-8-9-15-33(28)36)45(30-13-6-5-7-14-30)32-20-22-35-34-16-10-11-17-41(34)46-42(35)26-32/h9-31H,1-8H3;7-29H,1-6H3;5-27H,1-4H3. The normalized spacial score (nSPS) is 16.2. The summed E-state index contributed by atoms with van der Waals surface area (Å²) in [7, 11) is 0. The van der Waals surface area contributed by atoms with E-state index in [0.29, 0.717) is 0 Å². The first-order chi connectivity index (χ1) is 69.7. The molecule has 0 aliphatic heterocycles. The Morgan fingerprint density at radius 1 is 0.138 bits per heavy atom. The molecule has 0 saturated carbocycles. The van der Waals surface area contributed by atoms with Crippen molar-refractivity contribution in [2.75, 3.05) is 14.7 Å². The lowest BCUT2D eigenvalue weighted by Crippen LogP contribution is -2.43. The van der Waals surface area contributed by atoms with Crippen molar-refractivity contribution in [3.05, 3.63) is 474 Å². The number of hydrogen-bond donors (Lipinski definition) is 0. The number of furan rings is 1. The minimum absolute atomic E-state index is 0.0102. The van der Waals surface area contributed by atoms with Gasteiger partial charge in [-0.25, -0.2) is 0 Å². The van der Waals surface area contributed by atoms with Crippen molar-refractivity contribution in [3.8, 4) is 55.6 Å². The van der Waals surface area contributed by atoms with E-state index in [9.17, 15) is 0 Å². The number of nitrogens with zero attached hydrogens (tertiary/aromatic N) is 3. The molecule has 1 heterocycles. The Kier molecular flexibility index (Phi) is 20.4. The van der Waals surface area contributed by atoms with E-state index in [1.165, 1.54) is 187 Å². The summed E-state index contributed by atoms with van der Waals surface area (Å²) in [6.07, 6.45) is 0. The van der Waals surface area contributed by atoms with Crippen LogP contribution < -0.4 is 14.7 Å². The molecule has 0 bridgehead atoms. The van der Waals surface area contributed by atoms with Gasteiger partial charge in [-0.15, -0.1) is 0 Å². The van der Waals surface area contributed by atoms with Crippen LogP contribution in [0.3, 0.4) is 0 Å². The fraction of sp³-hybridized carbons (Fsp3) is 0.191. The van der Waals surface area contributed by atoms with Crippen LogP contribution in [0.4, 0.5) is 51.2 Å². The maximum Gasteiger partial charge on any atom is 0.137 e. The highest BCUT2D eigenvalue weighted by Crippen LogP contribution is 2.62. The van der Waals surface area contributed by atoms with E-state index in [1.54, 1.807) is 0 Å². The second-order valence-electron chi connectivity index (χ2n) is 46.4. The van der Waals surface area contributed by atoms with Crippen molar-refractivity contribution in [1.82, 2.24) is 0 Å². The molecule has 1 aromatic heterocycles. The van der Waals surface area contributed by atoms with Crippen molar-refractivity contribution >= 4 is 138 Å². The Morgan fingerprint density at radius 2 is 0.407 bits per heavy atom. The minimum atomic E-state index is -0.0802. The number of hydrogen-bond acceptors (Lipinski definition) is 4. The van der Waals surface area contributed by atoms with Crippen LogP contribution in [0, 0.1) is 0 Å². The lowest BCUT2D eigenvalue weighted by Gasteiger charge is -2.48. The number of anilines is 9. The Hall–Kier alpha value is -15.6. The Labute approximate surface area is 854 Å². The van der Waals surface area contributed by atoms with E-state index in [1.807, 2.05) is 12.1 Å². The molecule has 4 nitrogen and oxygen atoms in total. The van der Waals surface area contributed by atoms with Gasteiger partial charge < -0.3 is 19.1 Å². The Bertz CT molecular complexity index is 9110. The summed E-state index contributed by atoms with van der Waals surface area (Å²) in [6.45, 7) is 43.3. The molecule has 0 atom stereocenters. The summed E-state index contributed by atoms with van der Waals surface area (Å²) < 4.78 is 6.35. The van der Waals surface area contributed by atoms with Gasteiger partial charge in [-0.1, -0.05) is 385 Å². The predicted octanol–water partition coefficient (Wildman–Crippen LogP) is 39.5. The summed E-state index contributed by atoms with van der Waals surface area (Å²) in [5.41, 5.74) is 39.4. The number of benzene rings is 21. The van der Waals surface area contributed by atoms with E-state index in [4.69, 9.17) is 4.42 Å². The third-order valence-corrected chi connectivity index (χ3v) is 36.9. The van der Waals surface area contributed by atoms with Gasteiger partial charge in [-0.2, -0.15) is 0 Å². The smallest absolute Gasteiger partial charge is 0.137 e. The highest BCUT2D eigenvalue weighted by Gasteiger charge is 2.51.